The Labute approximate surface area is 130 Å². The molecule has 2 N–H and O–H groups in total. The van der Waals surface area contributed by atoms with E-state index in [1.165, 1.54) is 12.8 Å². The van der Waals surface area contributed by atoms with Crippen LogP contribution in [0.4, 0.5) is 0 Å². The molecule has 1 saturated carbocycles. The molecule has 0 atom stereocenters. The van der Waals surface area contributed by atoms with Gasteiger partial charge in [-0.15, -0.1) is 11.3 Å². The molecule has 0 amide bonds. The van der Waals surface area contributed by atoms with Gasteiger partial charge >= 0.3 is 0 Å². The van der Waals surface area contributed by atoms with Crippen LogP contribution in [0.15, 0.2) is 11.0 Å². The van der Waals surface area contributed by atoms with Gasteiger partial charge in [-0.05, 0) is 38.7 Å². The van der Waals surface area contributed by atoms with Gasteiger partial charge in [0.1, 0.15) is 0 Å². The maximum Gasteiger partial charge on any atom is 0.241 e. The Bertz CT molecular complexity index is 587. The first kappa shape index (κ1) is 15.4. The molecule has 0 spiro atoms. The fraction of sp³-hybridized carbons (Fsp3) is 0.714. The molecule has 1 aromatic rings. The molecule has 118 valence electrons. The van der Waals surface area contributed by atoms with E-state index >= 15 is 0 Å². The van der Waals surface area contributed by atoms with Crippen molar-refractivity contribution in [3.05, 3.63) is 15.8 Å². The molecule has 1 aliphatic heterocycles. The SMILES string of the molecule is Cc1sc(CNC2CC2)cc1S(=O)(=O)NC1CCOCC1. The summed E-state index contributed by atoms with van der Waals surface area (Å²) in [4.78, 5) is 2.39. The normalized spacial score (nSPS) is 20.8. The van der Waals surface area contributed by atoms with Gasteiger partial charge in [0, 0.05) is 41.6 Å². The number of hydrogen-bond donors (Lipinski definition) is 2. The first-order valence-electron chi connectivity index (χ1n) is 7.47. The Hall–Kier alpha value is -0.470. The third-order valence-electron chi connectivity index (χ3n) is 3.90. The van der Waals surface area contributed by atoms with Crippen molar-refractivity contribution in [1.29, 1.82) is 0 Å². The molecule has 3 rings (SSSR count). The highest BCUT2D eigenvalue weighted by atomic mass is 32.2. The van der Waals surface area contributed by atoms with Crippen molar-refractivity contribution in [3.63, 3.8) is 0 Å². The Morgan fingerprint density at radius 3 is 2.62 bits per heavy atom. The minimum atomic E-state index is -3.42. The summed E-state index contributed by atoms with van der Waals surface area (Å²) in [5.74, 6) is 0. The highest BCUT2D eigenvalue weighted by Crippen LogP contribution is 2.27. The predicted octanol–water partition coefficient (Wildman–Crippen LogP) is 1.77. The summed E-state index contributed by atoms with van der Waals surface area (Å²) in [6.45, 7) is 3.91. The Balaban J connectivity index is 1.68. The molecular weight excluding hydrogens is 308 g/mol. The summed E-state index contributed by atoms with van der Waals surface area (Å²) in [5.41, 5.74) is 0. The molecule has 0 radical (unpaired) electrons. The molecule has 1 aromatic heterocycles. The zero-order valence-corrected chi connectivity index (χ0v) is 13.9. The summed E-state index contributed by atoms with van der Waals surface area (Å²) < 4.78 is 33.1. The third-order valence-corrected chi connectivity index (χ3v) is 6.72. The van der Waals surface area contributed by atoms with E-state index in [2.05, 4.69) is 10.0 Å². The Morgan fingerprint density at radius 1 is 1.24 bits per heavy atom. The lowest BCUT2D eigenvalue weighted by Gasteiger charge is -2.22. The molecule has 7 heteroatoms. The maximum absolute atomic E-state index is 12.5. The first-order valence-corrected chi connectivity index (χ1v) is 9.77. The molecule has 2 fully saturated rings. The average Bonchev–Trinajstić information content (AvgIpc) is 3.19. The average molecular weight is 330 g/mol. The molecule has 2 heterocycles. The van der Waals surface area contributed by atoms with Gasteiger partial charge < -0.3 is 10.1 Å². The second-order valence-electron chi connectivity index (χ2n) is 5.80. The molecule has 5 nitrogen and oxygen atoms in total. The quantitative estimate of drug-likeness (QED) is 0.834. The van der Waals surface area contributed by atoms with E-state index in [4.69, 9.17) is 4.74 Å². The fourth-order valence-electron chi connectivity index (χ4n) is 2.51. The lowest BCUT2D eigenvalue weighted by Crippen LogP contribution is -2.38. The second-order valence-corrected chi connectivity index (χ2v) is 8.82. The van der Waals surface area contributed by atoms with Crippen LogP contribution in [0.1, 0.15) is 35.4 Å². The number of nitrogens with one attached hydrogen (secondary N) is 2. The lowest BCUT2D eigenvalue weighted by atomic mass is 10.1. The van der Waals surface area contributed by atoms with Gasteiger partial charge in [0.05, 0.1) is 4.90 Å². The topological polar surface area (TPSA) is 67.4 Å². The zero-order valence-electron chi connectivity index (χ0n) is 12.2. The summed E-state index contributed by atoms with van der Waals surface area (Å²) >= 11 is 1.57. The highest BCUT2D eigenvalue weighted by molar-refractivity contribution is 7.89. The van der Waals surface area contributed by atoms with Crippen molar-refractivity contribution in [3.8, 4) is 0 Å². The van der Waals surface area contributed by atoms with Crippen LogP contribution in [-0.4, -0.2) is 33.7 Å². The first-order chi connectivity index (χ1) is 10.0. The van der Waals surface area contributed by atoms with Crippen LogP contribution in [0.2, 0.25) is 0 Å². The number of hydrogen-bond acceptors (Lipinski definition) is 5. The molecular formula is C14H22N2O3S2. The van der Waals surface area contributed by atoms with Crippen LogP contribution < -0.4 is 10.0 Å². The molecule has 21 heavy (non-hydrogen) atoms. The van der Waals surface area contributed by atoms with Crippen molar-refractivity contribution in [2.45, 2.75) is 56.1 Å². The van der Waals surface area contributed by atoms with Crippen LogP contribution >= 0.6 is 11.3 Å². The van der Waals surface area contributed by atoms with Crippen molar-refractivity contribution in [1.82, 2.24) is 10.0 Å². The predicted molar refractivity (Wildman–Crippen MR) is 83.1 cm³/mol. The van der Waals surface area contributed by atoms with Crippen molar-refractivity contribution < 1.29 is 13.2 Å². The monoisotopic (exact) mass is 330 g/mol. The van der Waals surface area contributed by atoms with Gasteiger partial charge in [-0.2, -0.15) is 0 Å². The molecule has 1 saturated heterocycles. The van der Waals surface area contributed by atoms with Gasteiger partial charge in [-0.1, -0.05) is 0 Å². The van der Waals surface area contributed by atoms with Crippen molar-refractivity contribution in [2.75, 3.05) is 13.2 Å². The van der Waals surface area contributed by atoms with E-state index in [-0.39, 0.29) is 6.04 Å². The van der Waals surface area contributed by atoms with Crippen LogP contribution in [0.3, 0.4) is 0 Å². The van der Waals surface area contributed by atoms with E-state index in [1.807, 2.05) is 13.0 Å². The van der Waals surface area contributed by atoms with Crippen LogP contribution in [0, 0.1) is 6.92 Å². The van der Waals surface area contributed by atoms with Crippen molar-refractivity contribution in [2.24, 2.45) is 0 Å². The fourth-order valence-corrected chi connectivity index (χ4v) is 5.40. The van der Waals surface area contributed by atoms with Gasteiger partial charge in [0.2, 0.25) is 10.0 Å². The number of aryl methyl sites for hydroxylation is 1. The number of ether oxygens (including phenoxy) is 1. The summed E-state index contributed by atoms with van der Waals surface area (Å²) in [5, 5.41) is 3.42. The van der Waals surface area contributed by atoms with Gasteiger partial charge in [-0.25, -0.2) is 13.1 Å². The maximum atomic E-state index is 12.5. The Morgan fingerprint density at radius 2 is 1.95 bits per heavy atom. The van der Waals surface area contributed by atoms with Gasteiger partial charge in [-0.3, -0.25) is 0 Å². The lowest BCUT2D eigenvalue weighted by molar-refractivity contribution is 0.0832. The van der Waals surface area contributed by atoms with E-state index < -0.39 is 10.0 Å². The minimum Gasteiger partial charge on any atom is -0.381 e. The van der Waals surface area contributed by atoms with E-state index in [1.54, 1.807) is 11.3 Å². The van der Waals surface area contributed by atoms with E-state index in [0.29, 0.717) is 24.2 Å². The summed E-state index contributed by atoms with van der Waals surface area (Å²) in [6, 6.07) is 2.45. The van der Waals surface area contributed by atoms with Crippen LogP contribution in [0.25, 0.3) is 0 Å². The molecule has 1 aliphatic carbocycles. The van der Waals surface area contributed by atoms with Gasteiger partial charge in [0.15, 0.2) is 0 Å². The molecule has 0 unspecified atom stereocenters. The van der Waals surface area contributed by atoms with Crippen LogP contribution in [0.5, 0.6) is 0 Å². The highest BCUT2D eigenvalue weighted by Gasteiger charge is 2.26. The number of thiophene rings is 1. The molecule has 2 aliphatic rings. The smallest absolute Gasteiger partial charge is 0.241 e. The van der Waals surface area contributed by atoms with Crippen molar-refractivity contribution >= 4 is 21.4 Å². The molecule has 0 aromatic carbocycles. The minimum absolute atomic E-state index is 0.00362. The van der Waals surface area contributed by atoms with E-state index in [0.717, 1.165) is 29.1 Å². The van der Waals surface area contributed by atoms with Gasteiger partial charge in [0.25, 0.3) is 0 Å². The number of sulfonamides is 1. The van der Waals surface area contributed by atoms with Crippen LogP contribution in [-0.2, 0) is 21.3 Å². The second kappa shape index (κ2) is 6.34. The standard InChI is InChI=1S/C14H22N2O3S2/c1-10-14(8-13(20-10)9-15-11-2-3-11)21(17,18)16-12-4-6-19-7-5-12/h8,11-12,15-16H,2-7,9H2,1H3. The zero-order chi connectivity index (χ0) is 14.9. The summed E-state index contributed by atoms with van der Waals surface area (Å²) in [6.07, 6.45) is 3.97. The Kier molecular flexibility index (Phi) is 4.66. The third kappa shape index (κ3) is 4.04. The molecule has 0 bridgehead atoms. The number of rotatable bonds is 6. The van der Waals surface area contributed by atoms with E-state index in [9.17, 15) is 8.42 Å². The largest absolute Gasteiger partial charge is 0.381 e. The summed E-state index contributed by atoms with van der Waals surface area (Å²) in [7, 11) is -3.42.